The zero-order chi connectivity index (χ0) is 19.8. The maximum atomic E-state index is 12.5. The number of aromatic nitrogens is 1. The highest BCUT2D eigenvalue weighted by atomic mass is 16.1. The molecule has 0 aliphatic heterocycles. The van der Waals surface area contributed by atoms with Crippen LogP contribution in [0, 0.1) is 0 Å². The fourth-order valence-corrected chi connectivity index (χ4v) is 2.97. The number of hydrogen-bond acceptors (Lipinski definition) is 4. The van der Waals surface area contributed by atoms with Gasteiger partial charge in [0, 0.05) is 37.2 Å². The van der Waals surface area contributed by atoms with Crippen LogP contribution in [0.15, 0.2) is 72.9 Å². The van der Waals surface area contributed by atoms with E-state index < -0.39 is 0 Å². The number of anilines is 3. The number of carbonyl (C=O) groups excluding carboxylic acids is 1. The lowest BCUT2D eigenvalue weighted by Gasteiger charge is -2.21. The molecule has 2 N–H and O–H groups in total. The molecule has 2 aromatic carbocycles. The molecule has 0 spiro atoms. The van der Waals surface area contributed by atoms with E-state index in [9.17, 15) is 4.79 Å². The van der Waals surface area contributed by atoms with Crippen molar-refractivity contribution in [2.24, 2.45) is 0 Å². The van der Waals surface area contributed by atoms with Crippen LogP contribution in [-0.2, 0) is 6.54 Å². The average molecular weight is 374 g/mol. The van der Waals surface area contributed by atoms with Crippen molar-refractivity contribution in [2.45, 2.75) is 20.4 Å². The van der Waals surface area contributed by atoms with Crippen molar-refractivity contribution in [1.29, 1.82) is 0 Å². The third-order valence-electron chi connectivity index (χ3n) is 4.60. The molecule has 0 fully saturated rings. The summed E-state index contributed by atoms with van der Waals surface area (Å²) in [4.78, 5) is 19.1. The number of pyridine rings is 1. The van der Waals surface area contributed by atoms with Gasteiger partial charge in [-0.15, -0.1) is 0 Å². The zero-order valence-electron chi connectivity index (χ0n) is 16.4. The molecule has 0 bridgehead atoms. The van der Waals surface area contributed by atoms with Crippen LogP contribution in [-0.4, -0.2) is 24.0 Å². The van der Waals surface area contributed by atoms with Crippen molar-refractivity contribution in [3.8, 4) is 0 Å². The van der Waals surface area contributed by atoms with Gasteiger partial charge in [0.25, 0.3) is 5.91 Å². The summed E-state index contributed by atoms with van der Waals surface area (Å²) in [5.41, 5.74) is 3.63. The fourth-order valence-electron chi connectivity index (χ4n) is 2.97. The van der Waals surface area contributed by atoms with E-state index in [1.54, 1.807) is 12.3 Å². The summed E-state index contributed by atoms with van der Waals surface area (Å²) in [6, 6.07) is 21.6. The summed E-state index contributed by atoms with van der Waals surface area (Å²) < 4.78 is 0. The van der Waals surface area contributed by atoms with Crippen LogP contribution >= 0.6 is 0 Å². The van der Waals surface area contributed by atoms with Crippen LogP contribution in [0.4, 0.5) is 17.2 Å². The van der Waals surface area contributed by atoms with Crippen molar-refractivity contribution < 1.29 is 4.79 Å². The van der Waals surface area contributed by atoms with E-state index in [-0.39, 0.29) is 5.91 Å². The Bertz CT molecular complexity index is 873. The van der Waals surface area contributed by atoms with E-state index in [0.29, 0.717) is 12.1 Å². The summed E-state index contributed by atoms with van der Waals surface area (Å²) >= 11 is 0. The number of nitrogens with one attached hydrogen (secondary N) is 2. The second kappa shape index (κ2) is 9.55. The van der Waals surface area contributed by atoms with Gasteiger partial charge in [0.15, 0.2) is 0 Å². The minimum Gasteiger partial charge on any atom is -0.372 e. The van der Waals surface area contributed by atoms with Crippen LogP contribution in [0.5, 0.6) is 0 Å². The molecule has 5 nitrogen and oxygen atoms in total. The number of hydrogen-bond donors (Lipinski definition) is 2. The topological polar surface area (TPSA) is 57.3 Å². The van der Waals surface area contributed by atoms with Gasteiger partial charge in [-0.3, -0.25) is 4.79 Å². The first-order valence-electron chi connectivity index (χ1n) is 9.59. The molecule has 1 heterocycles. The number of amides is 1. The molecule has 0 radical (unpaired) electrons. The Morgan fingerprint density at radius 3 is 2.25 bits per heavy atom. The molecule has 5 heteroatoms. The molecular formula is C23H26N4O. The van der Waals surface area contributed by atoms with Crippen molar-refractivity contribution >= 4 is 23.1 Å². The summed E-state index contributed by atoms with van der Waals surface area (Å²) in [5.74, 6) is 0.571. The second-order valence-electron chi connectivity index (χ2n) is 6.44. The first-order chi connectivity index (χ1) is 13.7. The van der Waals surface area contributed by atoms with Crippen LogP contribution in [0.3, 0.4) is 0 Å². The lowest BCUT2D eigenvalue weighted by Crippen LogP contribution is -2.21. The molecule has 144 valence electrons. The van der Waals surface area contributed by atoms with E-state index in [4.69, 9.17) is 0 Å². The molecule has 0 saturated heterocycles. The Hall–Kier alpha value is -3.34. The zero-order valence-corrected chi connectivity index (χ0v) is 16.4. The molecule has 0 atom stereocenters. The molecule has 3 rings (SSSR count). The molecule has 0 saturated carbocycles. The van der Waals surface area contributed by atoms with Crippen LogP contribution in [0.25, 0.3) is 0 Å². The summed E-state index contributed by atoms with van der Waals surface area (Å²) in [6.45, 7) is 6.87. The summed E-state index contributed by atoms with van der Waals surface area (Å²) in [5, 5.41) is 6.18. The van der Waals surface area contributed by atoms with Crippen molar-refractivity contribution in [2.75, 3.05) is 28.6 Å². The normalized spacial score (nSPS) is 10.4. The molecule has 0 aliphatic carbocycles. The summed E-state index contributed by atoms with van der Waals surface area (Å²) in [6.07, 6.45) is 1.59. The second-order valence-corrected chi connectivity index (χ2v) is 6.44. The van der Waals surface area contributed by atoms with Gasteiger partial charge < -0.3 is 15.5 Å². The van der Waals surface area contributed by atoms with Gasteiger partial charge in [0.2, 0.25) is 0 Å². The lowest BCUT2D eigenvalue weighted by atomic mass is 10.2. The molecule has 28 heavy (non-hydrogen) atoms. The van der Waals surface area contributed by atoms with Gasteiger partial charge in [-0.05, 0) is 55.8 Å². The first-order valence-corrected chi connectivity index (χ1v) is 9.59. The van der Waals surface area contributed by atoms with Crippen molar-refractivity contribution in [3.05, 3.63) is 84.1 Å². The van der Waals surface area contributed by atoms with E-state index >= 15 is 0 Å². The van der Waals surface area contributed by atoms with Gasteiger partial charge in [-0.1, -0.05) is 30.3 Å². The van der Waals surface area contributed by atoms with Gasteiger partial charge in [0.1, 0.15) is 5.82 Å². The highest BCUT2D eigenvalue weighted by Crippen LogP contribution is 2.18. The van der Waals surface area contributed by atoms with Gasteiger partial charge >= 0.3 is 0 Å². The molecule has 0 unspecified atom stereocenters. The Kier molecular flexibility index (Phi) is 6.63. The minimum absolute atomic E-state index is 0.169. The predicted octanol–water partition coefficient (Wildman–Crippen LogP) is 4.79. The third-order valence-corrected chi connectivity index (χ3v) is 4.60. The highest BCUT2D eigenvalue weighted by Gasteiger charge is 2.08. The summed E-state index contributed by atoms with van der Waals surface area (Å²) in [7, 11) is 0. The number of nitrogens with zero attached hydrogens (tertiary/aromatic N) is 2. The highest BCUT2D eigenvalue weighted by molar-refractivity contribution is 6.04. The van der Waals surface area contributed by atoms with Crippen molar-refractivity contribution in [1.82, 2.24) is 4.98 Å². The first kappa shape index (κ1) is 19.4. The van der Waals surface area contributed by atoms with Gasteiger partial charge in [0.05, 0.1) is 5.56 Å². The molecule has 3 aromatic rings. The van der Waals surface area contributed by atoms with Gasteiger partial charge in [-0.25, -0.2) is 4.98 Å². The maximum absolute atomic E-state index is 12.5. The van der Waals surface area contributed by atoms with Crippen LogP contribution in [0.1, 0.15) is 29.8 Å². The number of benzene rings is 2. The Labute approximate surface area is 166 Å². The SMILES string of the molecule is CCN(CC)c1ccc(NC(=O)c2ccc(NCc3ccccc3)nc2)cc1. The van der Waals surface area contributed by atoms with E-state index in [1.165, 1.54) is 5.56 Å². The quantitative estimate of drug-likeness (QED) is 0.595. The number of carbonyl (C=O) groups is 1. The third kappa shape index (κ3) is 5.10. The largest absolute Gasteiger partial charge is 0.372 e. The Balaban J connectivity index is 1.57. The van der Waals surface area contributed by atoms with Gasteiger partial charge in [-0.2, -0.15) is 0 Å². The van der Waals surface area contributed by atoms with E-state index in [2.05, 4.69) is 46.5 Å². The smallest absolute Gasteiger partial charge is 0.257 e. The molecule has 1 amide bonds. The van der Waals surface area contributed by atoms with Crippen LogP contribution < -0.4 is 15.5 Å². The lowest BCUT2D eigenvalue weighted by molar-refractivity contribution is 0.102. The van der Waals surface area contributed by atoms with Crippen LogP contribution in [0.2, 0.25) is 0 Å². The fraction of sp³-hybridized carbons (Fsp3) is 0.217. The Morgan fingerprint density at radius 1 is 0.929 bits per heavy atom. The standard InChI is InChI=1S/C23H26N4O/c1-3-27(4-2)21-13-11-20(12-14-21)26-23(28)19-10-15-22(25-17-19)24-16-18-8-6-5-7-9-18/h5-15,17H,3-4,16H2,1-2H3,(H,24,25)(H,26,28). The predicted molar refractivity (Wildman–Crippen MR) is 116 cm³/mol. The Morgan fingerprint density at radius 2 is 1.64 bits per heavy atom. The van der Waals surface area contributed by atoms with Crippen molar-refractivity contribution in [3.63, 3.8) is 0 Å². The number of rotatable bonds is 8. The van der Waals surface area contributed by atoms with E-state index in [1.807, 2.05) is 48.5 Å². The maximum Gasteiger partial charge on any atom is 0.257 e. The molecule has 1 aromatic heterocycles. The average Bonchev–Trinajstić information content (AvgIpc) is 2.75. The minimum atomic E-state index is -0.169. The molecule has 0 aliphatic rings. The molecular weight excluding hydrogens is 348 g/mol. The monoisotopic (exact) mass is 374 g/mol. The van der Waals surface area contributed by atoms with E-state index in [0.717, 1.165) is 30.3 Å².